The van der Waals surface area contributed by atoms with Crippen molar-refractivity contribution in [1.82, 2.24) is 10.3 Å². The number of nitrogens with one attached hydrogen (secondary N) is 2. The maximum absolute atomic E-state index is 13.5. The highest BCUT2D eigenvalue weighted by Gasteiger charge is 2.17. The molecule has 5 nitrogen and oxygen atoms in total. The molecule has 0 aliphatic heterocycles. The zero-order valence-electron chi connectivity index (χ0n) is 12.7. The van der Waals surface area contributed by atoms with Gasteiger partial charge in [0.25, 0.3) is 15.9 Å². The molecule has 0 atom stereocenters. The average molecular weight is 336 g/mol. The number of benzene rings is 2. The van der Waals surface area contributed by atoms with Crippen molar-refractivity contribution in [3.05, 3.63) is 65.5 Å². The van der Waals surface area contributed by atoms with Crippen LogP contribution in [0.25, 0.3) is 0 Å². The third-order valence-electron chi connectivity index (χ3n) is 3.27. The van der Waals surface area contributed by atoms with Crippen molar-refractivity contribution < 1.29 is 17.6 Å². The van der Waals surface area contributed by atoms with E-state index in [4.69, 9.17) is 0 Å². The van der Waals surface area contributed by atoms with Crippen LogP contribution < -0.4 is 10.3 Å². The van der Waals surface area contributed by atoms with Crippen LogP contribution in [0.15, 0.2) is 53.4 Å². The molecule has 0 aromatic heterocycles. The first-order chi connectivity index (χ1) is 10.8. The number of rotatable bonds is 5. The molecule has 0 bridgehead atoms. The molecular weight excluding hydrogens is 319 g/mol. The summed E-state index contributed by atoms with van der Waals surface area (Å²) in [4.78, 5) is 13.8. The lowest BCUT2D eigenvalue weighted by Gasteiger charge is -2.10. The van der Waals surface area contributed by atoms with Gasteiger partial charge in [0.15, 0.2) is 0 Å². The van der Waals surface area contributed by atoms with Crippen molar-refractivity contribution in [3.63, 3.8) is 0 Å². The number of carbonyl (C=O) groups excluding carboxylic acids is 1. The maximum Gasteiger partial charge on any atom is 0.269 e. The second kappa shape index (κ2) is 6.89. The summed E-state index contributed by atoms with van der Waals surface area (Å²) in [5, 5.41) is 0. The van der Waals surface area contributed by atoms with E-state index in [1.807, 2.05) is 24.1 Å². The van der Waals surface area contributed by atoms with Gasteiger partial charge < -0.3 is 0 Å². The fourth-order valence-corrected chi connectivity index (χ4v) is 2.76. The van der Waals surface area contributed by atoms with Crippen LogP contribution in [0, 0.1) is 5.82 Å². The Bertz CT molecular complexity index is 802. The quantitative estimate of drug-likeness (QED) is 0.824. The molecule has 0 heterocycles. The van der Waals surface area contributed by atoms with Gasteiger partial charge in [-0.05, 0) is 35.7 Å². The summed E-state index contributed by atoms with van der Waals surface area (Å²) in [5.41, 5.74) is 2.75. The fraction of sp³-hybridized carbons (Fsp3) is 0.188. The van der Waals surface area contributed by atoms with E-state index >= 15 is 0 Å². The second-order valence-electron chi connectivity index (χ2n) is 5.26. The Balaban J connectivity index is 2.10. The van der Waals surface area contributed by atoms with Gasteiger partial charge in [0, 0.05) is 0 Å². The Hall–Kier alpha value is -2.25. The molecule has 7 heteroatoms. The molecule has 0 saturated heterocycles. The fourth-order valence-electron chi connectivity index (χ4n) is 1.92. The Morgan fingerprint density at radius 2 is 1.65 bits per heavy atom. The Morgan fingerprint density at radius 3 is 2.22 bits per heavy atom. The molecule has 0 spiro atoms. The summed E-state index contributed by atoms with van der Waals surface area (Å²) in [6.45, 7) is 3.99. The van der Waals surface area contributed by atoms with Gasteiger partial charge in [-0.1, -0.05) is 38.1 Å². The molecule has 122 valence electrons. The standard InChI is InChI=1S/C16H17FN2O3S/c1-11(2)12-7-9-13(10-8-12)23(21,22)19-18-16(20)14-5-3-4-6-15(14)17/h3-11,19H,1-2H3,(H,18,20). The second-order valence-corrected chi connectivity index (χ2v) is 6.95. The first-order valence-electron chi connectivity index (χ1n) is 6.98. The van der Waals surface area contributed by atoms with Crippen LogP contribution in [0.5, 0.6) is 0 Å². The molecule has 0 unspecified atom stereocenters. The first-order valence-corrected chi connectivity index (χ1v) is 8.46. The highest BCUT2D eigenvalue weighted by atomic mass is 32.2. The van der Waals surface area contributed by atoms with Gasteiger partial charge in [-0.2, -0.15) is 0 Å². The average Bonchev–Trinajstić information content (AvgIpc) is 2.53. The Labute approximate surface area is 134 Å². The van der Waals surface area contributed by atoms with Gasteiger partial charge in [-0.3, -0.25) is 10.2 Å². The van der Waals surface area contributed by atoms with E-state index < -0.39 is 21.7 Å². The lowest BCUT2D eigenvalue weighted by Crippen LogP contribution is -2.41. The maximum atomic E-state index is 13.5. The van der Waals surface area contributed by atoms with E-state index in [0.29, 0.717) is 0 Å². The molecule has 2 aromatic carbocycles. The molecule has 2 aromatic rings. The molecule has 1 amide bonds. The summed E-state index contributed by atoms with van der Waals surface area (Å²) in [6.07, 6.45) is 0. The summed E-state index contributed by atoms with van der Waals surface area (Å²) in [6, 6.07) is 11.6. The predicted octanol–water partition coefficient (Wildman–Crippen LogP) is 2.57. The minimum Gasteiger partial charge on any atom is -0.273 e. The van der Waals surface area contributed by atoms with E-state index in [-0.39, 0.29) is 16.4 Å². The molecule has 0 aliphatic carbocycles. The lowest BCUT2D eigenvalue weighted by atomic mass is 10.0. The van der Waals surface area contributed by atoms with Crippen LogP contribution in [-0.2, 0) is 10.0 Å². The van der Waals surface area contributed by atoms with Crippen LogP contribution in [0.2, 0.25) is 0 Å². The van der Waals surface area contributed by atoms with Gasteiger partial charge in [-0.15, -0.1) is 4.83 Å². The molecule has 2 rings (SSSR count). The molecule has 0 saturated carbocycles. The zero-order valence-corrected chi connectivity index (χ0v) is 13.5. The molecule has 0 radical (unpaired) electrons. The smallest absolute Gasteiger partial charge is 0.269 e. The highest BCUT2D eigenvalue weighted by molar-refractivity contribution is 7.89. The van der Waals surface area contributed by atoms with E-state index in [1.165, 1.54) is 30.3 Å². The van der Waals surface area contributed by atoms with Gasteiger partial charge in [-0.25, -0.2) is 12.8 Å². The lowest BCUT2D eigenvalue weighted by molar-refractivity contribution is 0.0941. The van der Waals surface area contributed by atoms with Crippen LogP contribution in [0.4, 0.5) is 4.39 Å². The predicted molar refractivity (Wildman–Crippen MR) is 84.7 cm³/mol. The molecule has 23 heavy (non-hydrogen) atoms. The number of carbonyl (C=O) groups is 1. The number of amides is 1. The van der Waals surface area contributed by atoms with Crippen LogP contribution in [0.3, 0.4) is 0 Å². The highest BCUT2D eigenvalue weighted by Crippen LogP contribution is 2.17. The monoisotopic (exact) mass is 336 g/mol. The third kappa shape index (κ3) is 4.14. The topological polar surface area (TPSA) is 75.3 Å². The van der Waals surface area contributed by atoms with Crippen LogP contribution in [0.1, 0.15) is 35.7 Å². The van der Waals surface area contributed by atoms with Crippen molar-refractivity contribution >= 4 is 15.9 Å². The zero-order chi connectivity index (χ0) is 17.0. The van der Waals surface area contributed by atoms with Crippen molar-refractivity contribution in [2.45, 2.75) is 24.7 Å². The Kier molecular flexibility index (Phi) is 5.12. The Morgan fingerprint density at radius 1 is 1.04 bits per heavy atom. The normalized spacial score (nSPS) is 11.5. The molecule has 0 fully saturated rings. The van der Waals surface area contributed by atoms with Crippen molar-refractivity contribution in [2.75, 3.05) is 0 Å². The van der Waals surface area contributed by atoms with Gasteiger partial charge in [0.05, 0.1) is 10.5 Å². The summed E-state index contributed by atoms with van der Waals surface area (Å²) < 4.78 is 37.7. The number of hydrazine groups is 1. The third-order valence-corrected chi connectivity index (χ3v) is 4.54. The first kappa shape index (κ1) is 17.1. The largest absolute Gasteiger partial charge is 0.273 e. The minimum atomic E-state index is -3.92. The summed E-state index contributed by atoms with van der Waals surface area (Å²) in [7, 11) is -3.92. The van der Waals surface area contributed by atoms with Crippen molar-refractivity contribution in [1.29, 1.82) is 0 Å². The minimum absolute atomic E-state index is 0.00994. The van der Waals surface area contributed by atoms with Gasteiger partial charge in [0.1, 0.15) is 5.82 Å². The van der Waals surface area contributed by atoms with Crippen LogP contribution >= 0.6 is 0 Å². The number of hydrogen-bond donors (Lipinski definition) is 2. The van der Waals surface area contributed by atoms with Gasteiger partial charge >= 0.3 is 0 Å². The molecule has 0 aliphatic rings. The van der Waals surface area contributed by atoms with E-state index in [9.17, 15) is 17.6 Å². The SMILES string of the molecule is CC(C)c1ccc(S(=O)(=O)NNC(=O)c2ccccc2F)cc1. The van der Waals surface area contributed by atoms with E-state index in [1.54, 1.807) is 12.1 Å². The van der Waals surface area contributed by atoms with E-state index in [0.717, 1.165) is 11.6 Å². The number of hydrogen-bond acceptors (Lipinski definition) is 3. The van der Waals surface area contributed by atoms with Crippen molar-refractivity contribution in [3.8, 4) is 0 Å². The van der Waals surface area contributed by atoms with E-state index in [2.05, 4.69) is 0 Å². The van der Waals surface area contributed by atoms with Gasteiger partial charge in [0.2, 0.25) is 0 Å². The number of halogens is 1. The summed E-state index contributed by atoms with van der Waals surface area (Å²) in [5.74, 6) is -1.32. The molecular formula is C16H17FN2O3S. The van der Waals surface area contributed by atoms with Crippen LogP contribution in [-0.4, -0.2) is 14.3 Å². The van der Waals surface area contributed by atoms with Crippen molar-refractivity contribution in [2.24, 2.45) is 0 Å². The molecule has 2 N–H and O–H groups in total. The number of sulfonamides is 1. The summed E-state index contributed by atoms with van der Waals surface area (Å²) >= 11 is 0.